The number of primary amides is 1. The van der Waals surface area contributed by atoms with Crippen LogP contribution in [0.1, 0.15) is 65.6 Å². The number of rotatable bonds is 3. The first-order valence-corrected chi connectivity index (χ1v) is 12.0. The fourth-order valence-corrected chi connectivity index (χ4v) is 4.48. The maximum atomic E-state index is 12.8. The maximum Gasteiger partial charge on any atom is 0.316 e. The van der Waals surface area contributed by atoms with Crippen molar-refractivity contribution in [1.29, 1.82) is 5.26 Å². The Morgan fingerprint density at radius 2 is 1.60 bits per heavy atom. The minimum Gasteiger partial charge on any atom is -0.351 e. The van der Waals surface area contributed by atoms with Crippen molar-refractivity contribution in [3.05, 3.63) is 64.7 Å². The minimum absolute atomic E-state index is 0.0409. The van der Waals surface area contributed by atoms with Crippen LogP contribution < -0.4 is 11.1 Å². The number of hydrogen-bond donors (Lipinski definition) is 2. The number of carbonyl (C=O) groups is 3. The lowest BCUT2D eigenvalue weighted by Crippen LogP contribution is -2.38. The number of hydrogen-bond acceptors (Lipinski definition) is 4. The zero-order valence-corrected chi connectivity index (χ0v) is 20.4. The van der Waals surface area contributed by atoms with Gasteiger partial charge in [-0.2, -0.15) is 5.26 Å². The number of benzene rings is 2. The molecule has 2 aromatic rings. The smallest absolute Gasteiger partial charge is 0.316 e. The average Bonchev–Trinajstić information content (AvgIpc) is 3.41. The van der Waals surface area contributed by atoms with Crippen LogP contribution >= 0.6 is 0 Å². The van der Waals surface area contributed by atoms with Gasteiger partial charge in [-0.25, -0.2) is 4.79 Å². The molecule has 0 spiro atoms. The third kappa shape index (κ3) is 7.06. The molecule has 4 amide bonds. The molecule has 0 radical (unpaired) electrons. The Bertz CT molecular complexity index is 1090. The molecule has 35 heavy (non-hydrogen) atoms. The van der Waals surface area contributed by atoms with Gasteiger partial charge in [0.1, 0.15) is 0 Å². The molecule has 0 saturated carbocycles. The van der Waals surface area contributed by atoms with Gasteiger partial charge in [-0.1, -0.05) is 18.2 Å². The third-order valence-electron chi connectivity index (χ3n) is 6.59. The van der Waals surface area contributed by atoms with E-state index in [1.807, 2.05) is 47.1 Å². The van der Waals surface area contributed by atoms with Crippen molar-refractivity contribution in [3.63, 3.8) is 0 Å². The zero-order chi connectivity index (χ0) is 25.4. The minimum atomic E-state index is -0.647. The number of nitriles is 1. The number of nitrogens with one attached hydrogen (secondary N) is 1. The molecule has 184 valence electrons. The van der Waals surface area contributed by atoms with E-state index in [4.69, 9.17) is 11.0 Å². The summed E-state index contributed by atoms with van der Waals surface area (Å²) in [5.41, 5.74) is 9.01. The van der Waals surface area contributed by atoms with Crippen molar-refractivity contribution < 1.29 is 14.4 Å². The van der Waals surface area contributed by atoms with Gasteiger partial charge in [0.2, 0.25) is 5.91 Å². The van der Waals surface area contributed by atoms with Gasteiger partial charge >= 0.3 is 6.03 Å². The van der Waals surface area contributed by atoms with Crippen LogP contribution in [0, 0.1) is 18.3 Å². The molecule has 2 saturated heterocycles. The van der Waals surface area contributed by atoms with Gasteiger partial charge in [0.05, 0.1) is 11.6 Å². The normalized spacial score (nSPS) is 15.6. The fraction of sp³-hybridized carbons (Fsp3) is 0.407. The summed E-state index contributed by atoms with van der Waals surface area (Å²) >= 11 is 0. The number of nitrogens with zero attached hydrogens (tertiary/aromatic N) is 3. The van der Waals surface area contributed by atoms with E-state index in [1.165, 1.54) is 18.4 Å². The number of nitrogens with two attached hydrogens (primary N) is 1. The third-order valence-corrected chi connectivity index (χ3v) is 6.59. The van der Waals surface area contributed by atoms with E-state index in [9.17, 15) is 14.4 Å². The number of amides is 4. The lowest BCUT2D eigenvalue weighted by Gasteiger charge is -2.32. The Morgan fingerprint density at radius 3 is 2.11 bits per heavy atom. The molecular formula is C27H33N5O3. The SMILES string of the molecule is CC(=O)N1CCCC1.Cc1ccc(C(=O)N2CCC(c3ccc(C#N)cc3)CC2)cc1NC(N)=O. The first kappa shape index (κ1) is 25.8. The molecule has 2 aliphatic rings. The largest absolute Gasteiger partial charge is 0.351 e. The molecule has 2 heterocycles. The molecule has 0 aliphatic carbocycles. The summed E-state index contributed by atoms with van der Waals surface area (Å²) in [5, 5.41) is 11.5. The van der Waals surface area contributed by atoms with Crippen LogP contribution in [0.15, 0.2) is 42.5 Å². The van der Waals surface area contributed by atoms with E-state index in [0.717, 1.165) is 31.5 Å². The van der Waals surface area contributed by atoms with Crippen molar-refractivity contribution in [3.8, 4) is 6.07 Å². The highest BCUT2D eigenvalue weighted by atomic mass is 16.2. The van der Waals surface area contributed by atoms with E-state index in [0.29, 0.717) is 35.8 Å². The van der Waals surface area contributed by atoms with Gasteiger partial charge in [0, 0.05) is 44.4 Å². The quantitative estimate of drug-likeness (QED) is 0.697. The van der Waals surface area contributed by atoms with Crippen molar-refractivity contribution in [1.82, 2.24) is 9.80 Å². The number of aryl methyl sites for hydroxylation is 1. The number of likely N-dealkylation sites (tertiary alicyclic amines) is 2. The lowest BCUT2D eigenvalue weighted by atomic mass is 9.89. The second-order valence-corrected chi connectivity index (χ2v) is 9.03. The molecule has 8 heteroatoms. The Kier molecular flexibility index (Phi) is 8.85. The Hall–Kier alpha value is -3.86. The summed E-state index contributed by atoms with van der Waals surface area (Å²) < 4.78 is 0. The van der Waals surface area contributed by atoms with E-state index in [1.54, 1.807) is 19.1 Å². The van der Waals surface area contributed by atoms with Gasteiger partial charge < -0.3 is 20.9 Å². The van der Waals surface area contributed by atoms with Gasteiger partial charge in [-0.3, -0.25) is 9.59 Å². The van der Waals surface area contributed by atoms with Crippen molar-refractivity contribution in [2.75, 3.05) is 31.5 Å². The Balaban J connectivity index is 0.000000363. The van der Waals surface area contributed by atoms with Gasteiger partial charge in [0.25, 0.3) is 5.91 Å². The first-order valence-electron chi connectivity index (χ1n) is 12.0. The van der Waals surface area contributed by atoms with Gasteiger partial charge in [0.15, 0.2) is 0 Å². The molecule has 2 aromatic carbocycles. The molecule has 0 atom stereocenters. The predicted molar refractivity (Wildman–Crippen MR) is 135 cm³/mol. The topological polar surface area (TPSA) is 120 Å². The fourth-order valence-electron chi connectivity index (χ4n) is 4.48. The van der Waals surface area contributed by atoms with Crippen molar-refractivity contribution in [2.45, 2.75) is 45.4 Å². The molecule has 4 rings (SSSR count). The molecule has 2 fully saturated rings. The van der Waals surface area contributed by atoms with Crippen LogP contribution in [-0.2, 0) is 4.79 Å². The van der Waals surface area contributed by atoms with Crippen molar-refractivity contribution in [2.24, 2.45) is 5.73 Å². The van der Waals surface area contributed by atoms with Gasteiger partial charge in [-0.15, -0.1) is 0 Å². The highest BCUT2D eigenvalue weighted by Gasteiger charge is 2.25. The highest BCUT2D eigenvalue weighted by molar-refractivity contribution is 5.97. The lowest BCUT2D eigenvalue weighted by molar-refractivity contribution is -0.127. The van der Waals surface area contributed by atoms with E-state index >= 15 is 0 Å². The number of urea groups is 1. The standard InChI is InChI=1S/C21H22N4O2.C6H11NO/c1-14-2-5-18(12-19(14)24-21(23)27)20(26)25-10-8-17(9-11-25)16-6-3-15(13-22)4-7-16;1-6(8)7-4-2-3-5-7/h2-7,12,17H,8-11H2,1H3,(H3,23,24,27);2-5H2,1H3. The number of anilines is 1. The Morgan fingerprint density at radius 1 is 0.971 bits per heavy atom. The van der Waals surface area contributed by atoms with Crippen LogP contribution in [0.2, 0.25) is 0 Å². The number of carbonyl (C=O) groups excluding carboxylic acids is 3. The average molecular weight is 476 g/mol. The first-order chi connectivity index (χ1) is 16.8. The van der Waals surface area contributed by atoms with Gasteiger partial charge in [-0.05, 0) is 73.9 Å². The summed E-state index contributed by atoms with van der Waals surface area (Å²) in [4.78, 5) is 38.2. The molecule has 0 unspecified atom stereocenters. The van der Waals surface area contributed by atoms with Crippen molar-refractivity contribution >= 4 is 23.5 Å². The van der Waals surface area contributed by atoms with E-state index in [2.05, 4.69) is 11.4 Å². The van der Waals surface area contributed by atoms with Crippen LogP contribution in [0.25, 0.3) is 0 Å². The monoisotopic (exact) mass is 475 g/mol. The van der Waals surface area contributed by atoms with Crippen LogP contribution in [0.5, 0.6) is 0 Å². The second-order valence-electron chi connectivity index (χ2n) is 9.03. The Labute approximate surface area is 206 Å². The van der Waals surface area contributed by atoms with Crippen LogP contribution in [-0.4, -0.2) is 53.8 Å². The maximum absolute atomic E-state index is 12.8. The van der Waals surface area contributed by atoms with Crippen LogP contribution in [0.3, 0.4) is 0 Å². The molecule has 8 nitrogen and oxygen atoms in total. The summed E-state index contributed by atoms with van der Waals surface area (Å²) in [6.45, 7) is 6.80. The molecule has 2 aliphatic heterocycles. The summed E-state index contributed by atoms with van der Waals surface area (Å²) in [6.07, 6.45) is 4.16. The predicted octanol–water partition coefficient (Wildman–Crippen LogP) is 4.01. The van der Waals surface area contributed by atoms with E-state index < -0.39 is 6.03 Å². The summed E-state index contributed by atoms with van der Waals surface area (Å²) in [6, 6.07) is 14.4. The highest BCUT2D eigenvalue weighted by Crippen LogP contribution is 2.29. The molecular weight excluding hydrogens is 442 g/mol. The molecule has 3 N–H and O–H groups in total. The second kappa shape index (κ2) is 12.0. The van der Waals surface area contributed by atoms with E-state index in [-0.39, 0.29) is 11.8 Å². The zero-order valence-electron chi connectivity index (χ0n) is 20.4. The summed E-state index contributed by atoms with van der Waals surface area (Å²) in [7, 11) is 0. The number of piperidine rings is 1. The van der Waals surface area contributed by atoms with Crippen LogP contribution in [0.4, 0.5) is 10.5 Å². The molecule has 0 bridgehead atoms. The summed E-state index contributed by atoms with van der Waals surface area (Å²) in [5.74, 6) is 0.579. The molecule has 0 aromatic heterocycles.